The van der Waals surface area contributed by atoms with Gasteiger partial charge in [-0.2, -0.15) is 0 Å². The van der Waals surface area contributed by atoms with Gasteiger partial charge in [-0.1, -0.05) is 12.1 Å². The van der Waals surface area contributed by atoms with E-state index in [1.54, 1.807) is 11.0 Å². The Bertz CT molecular complexity index is 515. The molecule has 0 fully saturated rings. The van der Waals surface area contributed by atoms with E-state index < -0.39 is 0 Å². The number of carbonyl (C=O) groups is 2. The first-order valence-corrected chi connectivity index (χ1v) is 6.02. The van der Waals surface area contributed by atoms with Crippen LogP contribution in [0.15, 0.2) is 18.2 Å². The van der Waals surface area contributed by atoms with Crippen LogP contribution in [0.1, 0.15) is 36.7 Å². The van der Waals surface area contributed by atoms with E-state index >= 15 is 0 Å². The van der Waals surface area contributed by atoms with Crippen LogP contribution in [0.3, 0.4) is 0 Å². The standard InChI is InChI=1S/C14H18N2O2/c1-9-6-5-7-10-12(9)15-11(17)8-16(13(10)18)14(2,3)4/h5-7H,8H2,1-4H3,(H,15,17). The fraction of sp³-hybridized carbons (Fsp3) is 0.429. The maximum absolute atomic E-state index is 12.5. The van der Waals surface area contributed by atoms with E-state index in [4.69, 9.17) is 0 Å². The van der Waals surface area contributed by atoms with Crippen LogP contribution in [0.5, 0.6) is 0 Å². The molecule has 0 aliphatic carbocycles. The number of nitrogens with one attached hydrogen (secondary N) is 1. The van der Waals surface area contributed by atoms with Crippen LogP contribution >= 0.6 is 0 Å². The van der Waals surface area contributed by atoms with E-state index in [1.165, 1.54) is 0 Å². The molecule has 0 bridgehead atoms. The van der Waals surface area contributed by atoms with Crippen molar-refractivity contribution >= 4 is 17.5 Å². The van der Waals surface area contributed by atoms with E-state index in [-0.39, 0.29) is 23.9 Å². The largest absolute Gasteiger partial charge is 0.324 e. The Labute approximate surface area is 107 Å². The summed E-state index contributed by atoms with van der Waals surface area (Å²) in [6.45, 7) is 7.77. The first-order chi connectivity index (χ1) is 8.30. The van der Waals surface area contributed by atoms with Gasteiger partial charge in [0, 0.05) is 5.54 Å². The van der Waals surface area contributed by atoms with Crippen molar-refractivity contribution in [3.05, 3.63) is 29.3 Å². The Morgan fingerprint density at radius 3 is 2.50 bits per heavy atom. The number of para-hydroxylation sites is 1. The zero-order valence-corrected chi connectivity index (χ0v) is 11.2. The number of hydrogen-bond acceptors (Lipinski definition) is 2. The van der Waals surface area contributed by atoms with Crippen molar-refractivity contribution in [1.29, 1.82) is 0 Å². The Kier molecular flexibility index (Phi) is 2.89. The summed E-state index contributed by atoms with van der Waals surface area (Å²) in [7, 11) is 0. The number of benzene rings is 1. The molecule has 0 saturated heterocycles. The lowest BCUT2D eigenvalue weighted by molar-refractivity contribution is -0.117. The minimum atomic E-state index is -0.375. The quantitative estimate of drug-likeness (QED) is 0.762. The predicted octanol–water partition coefficient (Wildman–Crippen LogP) is 2.19. The van der Waals surface area contributed by atoms with Crippen molar-refractivity contribution in [2.24, 2.45) is 0 Å². The minimum absolute atomic E-state index is 0.0937. The first-order valence-electron chi connectivity index (χ1n) is 6.02. The van der Waals surface area contributed by atoms with Gasteiger partial charge >= 0.3 is 0 Å². The van der Waals surface area contributed by atoms with E-state index in [2.05, 4.69) is 5.32 Å². The van der Waals surface area contributed by atoms with Gasteiger partial charge in [0.15, 0.2) is 0 Å². The monoisotopic (exact) mass is 246 g/mol. The van der Waals surface area contributed by atoms with Crippen LogP contribution in [0, 0.1) is 6.92 Å². The lowest BCUT2D eigenvalue weighted by Gasteiger charge is -2.33. The molecular formula is C14H18N2O2. The number of aryl methyl sites for hydroxylation is 1. The molecule has 0 radical (unpaired) electrons. The fourth-order valence-electron chi connectivity index (χ4n) is 2.09. The van der Waals surface area contributed by atoms with Crippen molar-refractivity contribution in [2.75, 3.05) is 11.9 Å². The lowest BCUT2D eigenvalue weighted by atomic mass is 10.0. The SMILES string of the molecule is Cc1cccc2c1NC(=O)CN(C(C)(C)C)C2=O. The van der Waals surface area contributed by atoms with Gasteiger partial charge in [-0.3, -0.25) is 9.59 Å². The predicted molar refractivity (Wildman–Crippen MR) is 70.6 cm³/mol. The summed E-state index contributed by atoms with van der Waals surface area (Å²) in [5.41, 5.74) is 1.74. The maximum Gasteiger partial charge on any atom is 0.256 e. The van der Waals surface area contributed by atoms with Gasteiger partial charge in [-0.15, -0.1) is 0 Å². The fourth-order valence-corrected chi connectivity index (χ4v) is 2.09. The van der Waals surface area contributed by atoms with Crippen LogP contribution in [0.4, 0.5) is 5.69 Å². The van der Waals surface area contributed by atoms with Gasteiger partial charge in [-0.25, -0.2) is 0 Å². The zero-order valence-electron chi connectivity index (χ0n) is 11.2. The van der Waals surface area contributed by atoms with Gasteiger partial charge < -0.3 is 10.2 Å². The highest BCUT2D eigenvalue weighted by Crippen LogP contribution is 2.27. The Morgan fingerprint density at radius 1 is 1.22 bits per heavy atom. The number of rotatable bonds is 0. The third kappa shape index (κ3) is 2.10. The summed E-state index contributed by atoms with van der Waals surface area (Å²) in [5, 5.41) is 2.82. The number of hydrogen-bond donors (Lipinski definition) is 1. The van der Waals surface area contributed by atoms with Crippen molar-refractivity contribution in [3.63, 3.8) is 0 Å². The molecule has 18 heavy (non-hydrogen) atoms. The second-order valence-corrected chi connectivity index (χ2v) is 5.61. The highest BCUT2D eigenvalue weighted by Gasteiger charge is 2.33. The number of fused-ring (bicyclic) bond motifs is 1. The molecule has 96 valence electrons. The summed E-state index contributed by atoms with van der Waals surface area (Å²) < 4.78 is 0. The van der Waals surface area contributed by atoms with Gasteiger partial charge in [0.05, 0.1) is 11.3 Å². The molecule has 1 aromatic carbocycles. The molecular weight excluding hydrogens is 228 g/mol. The Hall–Kier alpha value is -1.84. The van der Waals surface area contributed by atoms with Gasteiger partial charge in [0.2, 0.25) is 5.91 Å². The molecule has 0 spiro atoms. The summed E-state index contributed by atoms with van der Waals surface area (Å²) in [6, 6.07) is 5.48. The van der Waals surface area contributed by atoms with E-state index in [0.29, 0.717) is 11.3 Å². The lowest BCUT2D eigenvalue weighted by Crippen LogP contribution is -2.47. The summed E-state index contributed by atoms with van der Waals surface area (Å²) >= 11 is 0. The molecule has 4 heteroatoms. The Balaban J connectivity index is 2.56. The molecule has 0 saturated carbocycles. The first kappa shape index (κ1) is 12.6. The van der Waals surface area contributed by atoms with Crippen LogP contribution in [0.25, 0.3) is 0 Å². The third-order valence-electron chi connectivity index (χ3n) is 3.12. The highest BCUT2D eigenvalue weighted by atomic mass is 16.2. The van der Waals surface area contributed by atoms with Gasteiger partial charge in [0.25, 0.3) is 5.91 Å². The summed E-state index contributed by atoms with van der Waals surface area (Å²) in [5.74, 6) is -0.245. The zero-order chi connectivity index (χ0) is 13.5. The minimum Gasteiger partial charge on any atom is -0.324 e. The number of carbonyl (C=O) groups excluding carboxylic acids is 2. The van der Waals surface area contributed by atoms with E-state index in [0.717, 1.165) is 5.56 Å². The molecule has 1 aliphatic rings. The van der Waals surface area contributed by atoms with Crippen LogP contribution in [0.2, 0.25) is 0 Å². The summed E-state index contributed by atoms with van der Waals surface area (Å²) in [6.07, 6.45) is 0. The molecule has 1 aromatic rings. The Morgan fingerprint density at radius 2 is 1.89 bits per heavy atom. The molecule has 4 nitrogen and oxygen atoms in total. The molecule has 2 amide bonds. The second-order valence-electron chi connectivity index (χ2n) is 5.61. The normalized spacial score (nSPS) is 16.1. The molecule has 2 rings (SSSR count). The van der Waals surface area contributed by atoms with Crippen LogP contribution < -0.4 is 5.32 Å². The van der Waals surface area contributed by atoms with E-state index in [9.17, 15) is 9.59 Å². The topological polar surface area (TPSA) is 49.4 Å². The molecule has 1 aliphatic heterocycles. The maximum atomic E-state index is 12.5. The number of nitrogens with zero attached hydrogens (tertiary/aromatic N) is 1. The second kappa shape index (κ2) is 4.12. The van der Waals surface area contributed by atoms with Gasteiger partial charge in [0.1, 0.15) is 6.54 Å². The molecule has 0 atom stereocenters. The van der Waals surface area contributed by atoms with Crippen molar-refractivity contribution in [3.8, 4) is 0 Å². The molecule has 1 heterocycles. The highest BCUT2D eigenvalue weighted by molar-refractivity contribution is 6.09. The molecule has 0 unspecified atom stereocenters. The van der Waals surface area contributed by atoms with Crippen LogP contribution in [-0.2, 0) is 4.79 Å². The smallest absolute Gasteiger partial charge is 0.256 e. The van der Waals surface area contributed by atoms with Crippen LogP contribution in [-0.4, -0.2) is 28.8 Å². The summed E-state index contributed by atoms with van der Waals surface area (Å²) in [4.78, 5) is 26.0. The molecule has 0 aromatic heterocycles. The number of anilines is 1. The third-order valence-corrected chi connectivity index (χ3v) is 3.12. The van der Waals surface area contributed by atoms with Crippen molar-refractivity contribution < 1.29 is 9.59 Å². The molecule has 1 N–H and O–H groups in total. The van der Waals surface area contributed by atoms with Crippen molar-refractivity contribution in [1.82, 2.24) is 4.90 Å². The average molecular weight is 246 g/mol. The van der Waals surface area contributed by atoms with Crippen molar-refractivity contribution in [2.45, 2.75) is 33.2 Å². The van der Waals surface area contributed by atoms with Gasteiger partial charge in [-0.05, 0) is 39.3 Å². The van der Waals surface area contributed by atoms with E-state index in [1.807, 2.05) is 39.8 Å². The average Bonchev–Trinajstić information content (AvgIpc) is 2.38. The number of amides is 2.